The third-order valence-corrected chi connectivity index (χ3v) is 4.57. The number of hydrogen-bond acceptors (Lipinski definition) is 4. The van der Waals surface area contributed by atoms with E-state index in [2.05, 4.69) is 4.98 Å². The summed E-state index contributed by atoms with van der Waals surface area (Å²) in [5.41, 5.74) is -0.762. The first-order valence-electron chi connectivity index (χ1n) is 6.10. The summed E-state index contributed by atoms with van der Waals surface area (Å²) in [5, 5.41) is 19.4. The van der Waals surface area contributed by atoms with E-state index in [9.17, 15) is 19.8 Å². The summed E-state index contributed by atoms with van der Waals surface area (Å²) in [6, 6.07) is -0.129. The van der Waals surface area contributed by atoms with Crippen LogP contribution < -0.4 is 11.2 Å². The number of aromatic amines is 1. The lowest BCUT2D eigenvalue weighted by molar-refractivity contribution is 0.0599. The Morgan fingerprint density at radius 3 is 2.83 bits per heavy atom. The minimum Gasteiger partial charge on any atom is -0.396 e. The van der Waals surface area contributed by atoms with Crippen LogP contribution in [0.4, 0.5) is 0 Å². The van der Waals surface area contributed by atoms with Gasteiger partial charge in [-0.2, -0.15) is 0 Å². The van der Waals surface area contributed by atoms with Gasteiger partial charge in [0.15, 0.2) is 0 Å². The Bertz CT molecular complexity index is 605. The van der Waals surface area contributed by atoms with E-state index in [1.54, 1.807) is 13.1 Å². The van der Waals surface area contributed by atoms with Crippen molar-refractivity contribution in [2.75, 3.05) is 6.61 Å². The Morgan fingerprint density at radius 2 is 2.28 bits per heavy atom. The van der Waals surface area contributed by atoms with Crippen molar-refractivity contribution in [3.05, 3.63) is 32.6 Å². The van der Waals surface area contributed by atoms with Gasteiger partial charge in [0.1, 0.15) is 0 Å². The molecule has 0 radical (unpaired) electrons. The molecule has 3 unspecified atom stereocenters. The van der Waals surface area contributed by atoms with Crippen LogP contribution in [-0.2, 0) is 0 Å². The van der Waals surface area contributed by atoms with Crippen LogP contribution in [-0.4, -0.2) is 32.5 Å². The van der Waals surface area contributed by atoms with Crippen molar-refractivity contribution >= 4 is 0 Å². The SMILES string of the molecule is Cc1cn(C2CC(O)[C@]3(CO)CC23)c(=O)[nH]c1=O. The second-order valence-electron chi connectivity index (χ2n) is 5.50. The summed E-state index contributed by atoms with van der Waals surface area (Å²) in [7, 11) is 0. The van der Waals surface area contributed by atoms with Crippen molar-refractivity contribution in [1.29, 1.82) is 0 Å². The van der Waals surface area contributed by atoms with Gasteiger partial charge in [-0.05, 0) is 25.7 Å². The van der Waals surface area contributed by atoms with Crippen molar-refractivity contribution in [3.63, 3.8) is 0 Å². The number of nitrogens with one attached hydrogen (secondary N) is 1. The Labute approximate surface area is 103 Å². The smallest absolute Gasteiger partial charge is 0.328 e. The minimum atomic E-state index is -0.573. The van der Waals surface area contributed by atoms with Crippen LogP contribution in [0, 0.1) is 18.3 Å². The molecule has 0 aliphatic heterocycles. The number of aliphatic hydroxyl groups is 2. The second kappa shape index (κ2) is 3.55. The number of nitrogens with zero attached hydrogens (tertiary/aromatic N) is 1. The molecule has 0 bridgehead atoms. The van der Waals surface area contributed by atoms with Crippen LogP contribution >= 0.6 is 0 Å². The predicted octanol–water partition coefficient (Wildman–Crippen LogP) is -0.851. The highest BCUT2D eigenvalue weighted by molar-refractivity contribution is 5.17. The minimum absolute atomic E-state index is 0.0492. The molecule has 1 aromatic rings. The Hall–Kier alpha value is -1.40. The highest BCUT2D eigenvalue weighted by Crippen LogP contribution is 2.66. The second-order valence-corrected chi connectivity index (χ2v) is 5.50. The lowest BCUT2D eigenvalue weighted by Gasteiger charge is -2.17. The molecule has 0 aromatic carbocycles. The average molecular weight is 252 g/mol. The summed E-state index contributed by atoms with van der Waals surface area (Å²) in [5.74, 6) is 0.125. The molecule has 0 amide bonds. The van der Waals surface area contributed by atoms with Crippen molar-refractivity contribution < 1.29 is 10.2 Å². The zero-order chi connectivity index (χ0) is 13.1. The van der Waals surface area contributed by atoms with Gasteiger partial charge in [-0.15, -0.1) is 0 Å². The van der Waals surface area contributed by atoms with Crippen molar-refractivity contribution in [2.45, 2.75) is 31.9 Å². The maximum Gasteiger partial charge on any atom is 0.328 e. The van der Waals surface area contributed by atoms with Gasteiger partial charge in [0.05, 0.1) is 12.7 Å². The summed E-state index contributed by atoms with van der Waals surface area (Å²) >= 11 is 0. The van der Waals surface area contributed by atoms with Gasteiger partial charge >= 0.3 is 5.69 Å². The summed E-state index contributed by atoms with van der Waals surface area (Å²) in [6.07, 6.45) is 2.16. The number of hydrogen-bond donors (Lipinski definition) is 3. The molecule has 0 spiro atoms. The third-order valence-electron chi connectivity index (χ3n) is 4.57. The maximum absolute atomic E-state index is 11.8. The number of fused-ring (bicyclic) bond motifs is 1. The average Bonchev–Trinajstić information content (AvgIpc) is 3.01. The van der Waals surface area contributed by atoms with Gasteiger partial charge in [-0.3, -0.25) is 14.3 Å². The van der Waals surface area contributed by atoms with E-state index >= 15 is 0 Å². The van der Waals surface area contributed by atoms with Gasteiger partial charge in [-0.25, -0.2) is 4.79 Å². The van der Waals surface area contributed by atoms with E-state index in [-0.39, 0.29) is 24.1 Å². The summed E-state index contributed by atoms with van der Waals surface area (Å²) in [4.78, 5) is 25.4. The molecule has 18 heavy (non-hydrogen) atoms. The number of H-pyrrole nitrogens is 1. The fourth-order valence-corrected chi connectivity index (χ4v) is 3.31. The molecule has 3 rings (SSSR count). The van der Waals surface area contributed by atoms with Gasteiger partial charge in [0.25, 0.3) is 5.56 Å². The lowest BCUT2D eigenvalue weighted by atomic mass is 10.0. The van der Waals surface area contributed by atoms with Crippen LogP contribution in [0.1, 0.15) is 24.4 Å². The molecule has 2 aliphatic rings. The van der Waals surface area contributed by atoms with Crippen molar-refractivity contribution in [1.82, 2.24) is 9.55 Å². The number of aliphatic hydroxyl groups excluding tert-OH is 2. The molecule has 4 atom stereocenters. The lowest BCUT2D eigenvalue weighted by Crippen LogP contribution is -2.33. The molecule has 6 nitrogen and oxygen atoms in total. The van der Waals surface area contributed by atoms with Crippen LogP contribution in [0.3, 0.4) is 0 Å². The highest BCUT2D eigenvalue weighted by Gasteiger charge is 2.67. The zero-order valence-corrected chi connectivity index (χ0v) is 10.1. The molecule has 2 aliphatic carbocycles. The summed E-state index contributed by atoms with van der Waals surface area (Å²) in [6.45, 7) is 1.60. The quantitative estimate of drug-likeness (QED) is 0.639. The van der Waals surface area contributed by atoms with Gasteiger partial charge in [-0.1, -0.05) is 0 Å². The Balaban J connectivity index is 2.02. The van der Waals surface area contributed by atoms with Gasteiger partial charge in [0, 0.05) is 23.2 Å². The van der Waals surface area contributed by atoms with E-state index in [0.717, 1.165) is 6.42 Å². The molecular formula is C12H16N2O4. The monoisotopic (exact) mass is 252 g/mol. The molecule has 0 saturated heterocycles. The molecule has 2 fully saturated rings. The molecule has 1 heterocycles. The molecular weight excluding hydrogens is 236 g/mol. The first-order valence-corrected chi connectivity index (χ1v) is 6.10. The van der Waals surface area contributed by atoms with E-state index in [1.165, 1.54) is 4.57 Å². The van der Waals surface area contributed by atoms with E-state index in [0.29, 0.717) is 12.0 Å². The third kappa shape index (κ3) is 1.36. The van der Waals surface area contributed by atoms with Crippen LogP contribution in [0.5, 0.6) is 0 Å². The highest BCUT2D eigenvalue weighted by atomic mass is 16.3. The van der Waals surface area contributed by atoms with Gasteiger partial charge < -0.3 is 10.2 Å². The molecule has 2 saturated carbocycles. The summed E-state index contributed by atoms with van der Waals surface area (Å²) < 4.78 is 1.50. The molecule has 3 N–H and O–H groups in total. The Morgan fingerprint density at radius 1 is 1.56 bits per heavy atom. The van der Waals surface area contributed by atoms with E-state index < -0.39 is 17.2 Å². The van der Waals surface area contributed by atoms with E-state index in [4.69, 9.17) is 0 Å². The fourth-order valence-electron chi connectivity index (χ4n) is 3.31. The van der Waals surface area contributed by atoms with E-state index in [1.807, 2.05) is 0 Å². The molecule has 98 valence electrons. The normalized spacial score (nSPS) is 37.6. The number of rotatable bonds is 2. The van der Waals surface area contributed by atoms with Crippen LogP contribution in [0.25, 0.3) is 0 Å². The van der Waals surface area contributed by atoms with Crippen molar-refractivity contribution in [2.24, 2.45) is 11.3 Å². The predicted molar refractivity (Wildman–Crippen MR) is 63.3 cm³/mol. The molecule has 1 aromatic heterocycles. The van der Waals surface area contributed by atoms with Crippen molar-refractivity contribution in [3.8, 4) is 0 Å². The zero-order valence-electron chi connectivity index (χ0n) is 10.1. The fraction of sp³-hybridized carbons (Fsp3) is 0.667. The Kier molecular flexibility index (Phi) is 2.30. The first-order chi connectivity index (χ1) is 8.49. The van der Waals surface area contributed by atoms with Gasteiger partial charge in [0.2, 0.25) is 0 Å². The number of aromatic nitrogens is 2. The maximum atomic E-state index is 11.8. The topological polar surface area (TPSA) is 95.3 Å². The number of aryl methyl sites for hydroxylation is 1. The largest absolute Gasteiger partial charge is 0.396 e. The standard InChI is InChI=1S/C12H16N2O4/c1-6-4-14(11(18)13-10(6)17)8-2-9(16)12(5-15)3-7(8)12/h4,7-9,15-16H,2-3,5H2,1H3,(H,13,17,18)/t7?,8?,9?,12-/m0/s1. The van der Waals surface area contributed by atoms with Crippen LogP contribution in [0.2, 0.25) is 0 Å². The first kappa shape index (κ1) is 11.7. The van der Waals surface area contributed by atoms with Crippen LogP contribution in [0.15, 0.2) is 15.8 Å². The molecule has 6 heteroatoms.